The van der Waals surface area contributed by atoms with Crippen molar-refractivity contribution in [3.8, 4) is 5.75 Å². The number of nitrogens with zero attached hydrogens (tertiary/aromatic N) is 2. The van der Waals surface area contributed by atoms with Gasteiger partial charge in [0.2, 0.25) is 16.0 Å². The van der Waals surface area contributed by atoms with Crippen molar-refractivity contribution in [2.75, 3.05) is 17.7 Å². The maximum absolute atomic E-state index is 14.1. The van der Waals surface area contributed by atoms with Crippen molar-refractivity contribution in [2.24, 2.45) is 5.14 Å². The number of benzene rings is 2. The van der Waals surface area contributed by atoms with Gasteiger partial charge in [-0.05, 0) is 36.4 Å². The van der Waals surface area contributed by atoms with Gasteiger partial charge in [-0.15, -0.1) is 0 Å². The molecule has 0 bridgehead atoms. The van der Waals surface area contributed by atoms with Crippen LogP contribution < -0.4 is 20.5 Å². The van der Waals surface area contributed by atoms with Gasteiger partial charge in [0, 0.05) is 11.4 Å². The van der Waals surface area contributed by atoms with E-state index in [1.807, 2.05) is 0 Å². The Kier molecular flexibility index (Phi) is 5.63. The van der Waals surface area contributed by atoms with E-state index in [1.54, 1.807) is 24.3 Å². The van der Waals surface area contributed by atoms with Gasteiger partial charge < -0.3 is 15.4 Å². The van der Waals surface area contributed by atoms with Gasteiger partial charge in [0.15, 0.2) is 11.6 Å². The van der Waals surface area contributed by atoms with Crippen LogP contribution in [0.4, 0.5) is 27.5 Å². The molecule has 3 aromatic rings. The maximum atomic E-state index is 14.1. The van der Waals surface area contributed by atoms with E-state index >= 15 is 0 Å². The SMILES string of the molecule is COc1ccc(Nc2nc(Nc3cccc(S(N)(=O)=O)c3)ncc2F)cc1Cl. The number of nitrogens with one attached hydrogen (secondary N) is 2. The van der Waals surface area contributed by atoms with Crippen LogP contribution >= 0.6 is 11.6 Å². The fourth-order valence-corrected chi connectivity index (χ4v) is 3.09. The zero-order valence-corrected chi connectivity index (χ0v) is 16.1. The minimum atomic E-state index is -3.86. The fraction of sp³-hybridized carbons (Fsp3) is 0.0588. The van der Waals surface area contributed by atoms with Crippen molar-refractivity contribution in [3.63, 3.8) is 0 Å². The second kappa shape index (κ2) is 7.97. The molecule has 8 nitrogen and oxygen atoms in total. The Morgan fingerprint density at radius 1 is 1.14 bits per heavy atom. The molecule has 1 aromatic heterocycles. The van der Waals surface area contributed by atoms with E-state index in [0.29, 0.717) is 22.1 Å². The number of nitrogens with two attached hydrogens (primary N) is 1. The molecule has 0 saturated heterocycles. The molecule has 0 radical (unpaired) electrons. The Labute approximate surface area is 165 Å². The largest absolute Gasteiger partial charge is 0.495 e. The number of primary sulfonamides is 1. The summed E-state index contributed by atoms with van der Waals surface area (Å²) in [6.07, 6.45) is 0.978. The molecule has 0 unspecified atom stereocenters. The van der Waals surface area contributed by atoms with E-state index in [2.05, 4.69) is 20.6 Å². The summed E-state index contributed by atoms with van der Waals surface area (Å²) in [6, 6.07) is 10.6. The second-order valence-corrected chi connectivity index (χ2v) is 7.53. The first-order chi connectivity index (χ1) is 13.3. The molecule has 0 aliphatic rings. The number of sulfonamides is 1. The van der Waals surface area contributed by atoms with E-state index in [4.69, 9.17) is 21.5 Å². The first-order valence-electron chi connectivity index (χ1n) is 7.79. The summed E-state index contributed by atoms with van der Waals surface area (Å²) in [6.45, 7) is 0. The maximum Gasteiger partial charge on any atom is 0.238 e. The second-order valence-electron chi connectivity index (χ2n) is 5.56. The van der Waals surface area contributed by atoms with Crippen LogP contribution in [0, 0.1) is 5.82 Å². The van der Waals surface area contributed by atoms with Crippen LogP contribution in [-0.4, -0.2) is 25.5 Å². The Morgan fingerprint density at radius 2 is 1.89 bits per heavy atom. The molecule has 0 atom stereocenters. The first kappa shape index (κ1) is 19.8. The molecule has 4 N–H and O–H groups in total. The standard InChI is InChI=1S/C17H15ClFN5O3S/c1-27-15-6-5-11(8-13(15)18)22-16-14(19)9-21-17(24-16)23-10-3-2-4-12(7-10)28(20,25)26/h2-9H,1H3,(H2,20,25,26)(H2,21,22,23,24). The van der Waals surface area contributed by atoms with Gasteiger partial charge in [0.1, 0.15) is 5.75 Å². The summed E-state index contributed by atoms with van der Waals surface area (Å²) < 4.78 is 42.1. The lowest BCUT2D eigenvalue weighted by Crippen LogP contribution is -2.12. The molecule has 2 aromatic carbocycles. The third kappa shape index (κ3) is 4.66. The molecule has 1 heterocycles. The molecule has 0 aliphatic heterocycles. The molecule has 0 aliphatic carbocycles. The number of hydrogen-bond acceptors (Lipinski definition) is 7. The first-order valence-corrected chi connectivity index (χ1v) is 9.71. The van der Waals surface area contributed by atoms with Gasteiger partial charge in [-0.3, -0.25) is 0 Å². The molecule has 0 saturated carbocycles. The minimum Gasteiger partial charge on any atom is -0.495 e. The summed E-state index contributed by atoms with van der Waals surface area (Å²) >= 11 is 6.06. The topological polar surface area (TPSA) is 119 Å². The number of anilines is 4. The van der Waals surface area contributed by atoms with Crippen molar-refractivity contribution in [3.05, 3.63) is 59.5 Å². The van der Waals surface area contributed by atoms with Crippen LogP contribution in [0.1, 0.15) is 0 Å². The van der Waals surface area contributed by atoms with E-state index in [1.165, 1.54) is 25.3 Å². The molecule has 0 fully saturated rings. The zero-order chi connectivity index (χ0) is 20.3. The Balaban J connectivity index is 1.85. The highest BCUT2D eigenvalue weighted by atomic mass is 35.5. The molecule has 0 amide bonds. The van der Waals surface area contributed by atoms with Crippen LogP contribution in [0.25, 0.3) is 0 Å². The summed E-state index contributed by atoms with van der Waals surface area (Å²) in [5.41, 5.74) is 0.863. The van der Waals surface area contributed by atoms with Gasteiger partial charge in [-0.2, -0.15) is 4.98 Å². The molecule has 146 valence electrons. The van der Waals surface area contributed by atoms with Crippen LogP contribution in [0.3, 0.4) is 0 Å². The van der Waals surface area contributed by atoms with Gasteiger partial charge >= 0.3 is 0 Å². The van der Waals surface area contributed by atoms with Crippen LogP contribution in [0.5, 0.6) is 5.75 Å². The Bertz CT molecular complexity index is 1130. The van der Waals surface area contributed by atoms with E-state index in [-0.39, 0.29) is 16.7 Å². The van der Waals surface area contributed by atoms with Crippen molar-refractivity contribution in [1.29, 1.82) is 0 Å². The lowest BCUT2D eigenvalue weighted by molar-refractivity contribution is 0.415. The highest BCUT2D eigenvalue weighted by Gasteiger charge is 2.11. The zero-order valence-electron chi connectivity index (χ0n) is 14.5. The smallest absolute Gasteiger partial charge is 0.238 e. The highest BCUT2D eigenvalue weighted by molar-refractivity contribution is 7.89. The number of hydrogen-bond donors (Lipinski definition) is 3. The highest BCUT2D eigenvalue weighted by Crippen LogP contribution is 2.29. The number of halogens is 2. The van der Waals surface area contributed by atoms with Gasteiger partial charge in [0.05, 0.1) is 23.2 Å². The molecule has 11 heteroatoms. The predicted octanol–water partition coefficient (Wildman–Crippen LogP) is 3.41. The van der Waals surface area contributed by atoms with Gasteiger partial charge in [0.25, 0.3) is 0 Å². The van der Waals surface area contributed by atoms with Gasteiger partial charge in [-0.1, -0.05) is 17.7 Å². The average molecular weight is 424 g/mol. The van der Waals surface area contributed by atoms with E-state index < -0.39 is 15.8 Å². The van der Waals surface area contributed by atoms with Crippen LogP contribution in [0.2, 0.25) is 5.02 Å². The molecule has 28 heavy (non-hydrogen) atoms. The monoisotopic (exact) mass is 423 g/mol. The number of ether oxygens (including phenoxy) is 1. The molecular weight excluding hydrogens is 409 g/mol. The van der Waals surface area contributed by atoms with Crippen molar-refractivity contribution < 1.29 is 17.5 Å². The van der Waals surface area contributed by atoms with Crippen molar-refractivity contribution in [1.82, 2.24) is 9.97 Å². The number of rotatable bonds is 6. The van der Waals surface area contributed by atoms with Crippen molar-refractivity contribution >= 4 is 44.8 Å². The third-order valence-corrected chi connectivity index (χ3v) is 4.78. The summed E-state index contributed by atoms with van der Waals surface area (Å²) in [7, 11) is -2.37. The number of aromatic nitrogens is 2. The Morgan fingerprint density at radius 3 is 2.57 bits per heavy atom. The molecule has 3 rings (SSSR count). The van der Waals surface area contributed by atoms with E-state index in [0.717, 1.165) is 6.20 Å². The summed E-state index contributed by atoms with van der Waals surface area (Å²) in [4.78, 5) is 7.83. The van der Waals surface area contributed by atoms with Crippen LogP contribution in [-0.2, 0) is 10.0 Å². The summed E-state index contributed by atoms with van der Waals surface area (Å²) in [5, 5.41) is 11.1. The molecular formula is C17H15ClFN5O3S. The Hall–Kier alpha value is -2.95. The summed E-state index contributed by atoms with van der Waals surface area (Å²) in [5.74, 6) is -0.250. The van der Waals surface area contributed by atoms with Crippen LogP contribution in [0.15, 0.2) is 53.6 Å². The lowest BCUT2D eigenvalue weighted by atomic mass is 10.3. The minimum absolute atomic E-state index is 0.0510. The van der Waals surface area contributed by atoms with E-state index in [9.17, 15) is 12.8 Å². The quantitative estimate of drug-likeness (QED) is 0.555. The molecule has 0 spiro atoms. The fourth-order valence-electron chi connectivity index (χ4n) is 2.28. The normalized spacial score (nSPS) is 11.1. The lowest BCUT2D eigenvalue weighted by Gasteiger charge is -2.11. The predicted molar refractivity (Wildman–Crippen MR) is 104 cm³/mol. The third-order valence-electron chi connectivity index (χ3n) is 3.58. The van der Waals surface area contributed by atoms with Crippen molar-refractivity contribution in [2.45, 2.75) is 4.90 Å². The number of methoxy groups -OCH3 is 1. The van der Waals surface area contributed by atoms with Gasteiger partial charge in [-0.25, -0.2) is 22.9 Å². The average Bonchev–Trinajstić information content (AvgIpc) is 2.64.